The van der Waals surface area contributed by atoms with Gasteiger partial charge in [-0.3, -0.25) is 9.69 Å². The van der Waals surface area contributed by atoms with E-state index >= 15 is 0 Å². The zero-order chi connectivity index (χ0) is 20.1. The number of aromatic amines is 1. The van der Waals surface area contributed by atoms with Crippen molar-refractivity contribution in [1.29, 1.82) is 0 Å². The molecule has 0 bridgehead atoms. The largest absolute Gasteiger partial charge is 0.369 e. The number of likely N-dealkylation sites (N-methyl/N-ethyl adjacent to an activating group) is 1. The van der Waals surface area contributed by atoms with Crippen LogP contribution in [0.3, 0.4) is 0 Å². The first kappa shape index (κ1) is 19.8. The SMILES string of the molecule is Cc1nc(-c2ccc(NCC(C)N(C)Cc3ccccc3)nc2)[nH]c(=O)c1C. The molecule has 1 aromatic carbocycles. The zero-order valence-corrected chi connectivity index (χ0v) is 16.9. The highest BCUT2D eigenvalue weighted by atomic mass is 16.1. The Morgan fingerprint density at radius 3 is 2.54 bits per heavy atom. The van der Waals surface area contributed by atoms with Gasteiger partial charge in [-0.2, -0.15) is 0 Å². The van der Waals surface area contributed by atoms with Crippen molar-refractivity contribution in [2.75, 3.05) is 18.9 Å². The van der Waals surface area contributed by atoms with Crippen LogP contribution < -0.4 is 10.9 Å². The second-order valence-electron chi connectivity index (χ2n) is 7.19. The summed E-state index contributed by atoms with van der Waals surface area (Å²) in [6.45, 7) is 7.49. The first-order chi connectivity index (χ1) is 13.4. The number of H-pyrrole nitrogens is 1. The van der Waals surface area contributed by atoms with Gasteiger partial charge < -0.3 is 10.3 Å². The molecule has 0 fully saturated rings. The second-order valence-corrected chi connectivity index (χ2v) is 7.19. The minimum atomic E-state index is -0.111. The van der Waals surface area contributed by atoms with Crippen molar-refractivity contribution in [3.05, 3.63) is 75.8 Å². The van der Waals surface area contributed by atoms with Gasteiger partial charge in [0.2, 0.25) is 0 Å². The third-order valence-corrected chi connectivity index (χ3v) is 5.04. The van der Waals surface area contributed by atoms with Crippen molar-refractivity contribution in [2.45, 2.75) is 33.4 Å². The highest BCUT2D eigenvalue weighted by molar-refractivity contribution is 5.56. The maximum Gasteiger partial charge on any atom is 0.254 e. The molecule has 2 aromatic heterocycles. The van der Waals surface area contributed by atoms with E-state index in [1.807, 2.05) is 25.1 Å². The molecular weight excluding hydrogens is 350 g/mol. The van der Waals surface area contributed by atoms with Crippen molar-refractivity contribution in [3.8, 4) is 11.4 Å². The number of rotatable bonds is 7. The molecule has 0 aliphatic rings. The lowest BCUT2D eigenvalue weighted by molar-refractivity contribution is 0.259. The standard InChI is InChI=1S/C22H27N5O/c1-15(27(4)14-18-8-6-5-7-9-18)12-23-20-11-10-19(13-24-20)21-25-17(3)16(2)22(28)26-21/h5-11,13,15H,12,14H2,1-4H3,(H,23,24)(H,25,26,28). The maximum atomic E-state index is 11.9. The van der Waals surface area contributed by atoms with E-state index in [0.29, 0.717) is 17.4 Å². The summed E-state index contributed by atoms with van der Waals surface area (Å²) in [4.78, 5) is 26.0. The molecule has 146 valence electrons. The Bertz CT molecular complexity index is 966. The van der Waals surface area contributed by atoms with Crippen LogP contribution in [0.25, 0.3) is 11.4 Å². The number of benzene rings is 1. The summed E-state index contributed by atoms with van der Waals surface area (Å²) in [7, 11) is 2.12. The van der Waals surface area contributed by atoms with E-state index in [-0.39, 0.29) is 5.56 Å². The molecule has 0 amide bonds. The maximum absolute atomic E-state index is 11.9. The van der Waals surface area contributed by atoms with Gasteiger partial charge in [-0.15, -0.1) is 0 Å². The fourth-order valence-corrected chi connectivity index (χ4v) is 2.86. The minimum absolute atomic E-state index is 0.111. The van der Waals surface area contributed by atoms with Gasteiger partial charge in [-0.25, -0.2) is 9.97 Å². The topological polar surface area (TPSA) is 73.9 Å². The Kier molecular flexibility index (Phi) is 6.21. The summed E-state index contributed by atoms with van der Waals surface area (Å²) in [6, 6.07) is 14.6. The predicted octanol–water partition coefficient (Wildman–Crippen LogP) is 3.38. The van der Waals surface area contributed by atoms with Gasteiger partial charge in [0, 0.05) is 42.1 Å². The Hall–Kier alpha value is -2.99. The van der Waals surface area contributed by atoms with E-state index < -0.39 is 0 Å². The van der Waals surface area contributed by atoms with Crippen LogP contribution in [0.4, 0.5) is 5.82 Å². The molecule has 6 heteroatoms. The van der Waals surface area contributed by atoms with E-state index in [2.05, 4.69) is 63.4 Å². The molecule has 2 heterocycles. The Labute approximate surface area is 165 Å². The zero-order valence-electron chi connectivity index (χ0n) is 16.9. The van der Waals surface area contributed by atoms with Gasteiger partial charge >= 0.3 is 0 Å². The molecule has 28 heavy (non-hydrogen) atoms. The van der Waals surface area contributed by atoms with E-state index in [1.54, 1.807) is 13.1 Å². The summed E-state index contributed by atoms with van der Waals surface area (Å²) in [5, 5.41) is 3.38. The van der Waals surface area contributed by atoms with Crippen LogP contribution in [-0.2, 0) is 6.54 Å². The van der Waals surface area contributed by atoms with Crippen LogP contribution in [0.15, 0.2) is 53.5 Å². The summed E-state index contributed by atoms with van der Waals surface area (Å²) in [5.41, 5.74) is 3.36. The molecule has 3 aromatic rings. The molecule has 0 aliphatic heterocycles. The number of hydrogen-bond donors (Lipinski definition) is 2. The molecule has 0 spiro atoms. The molecule has 1 unspecified atom stereocenters. The number of nitrogens with one attached hydrogen (secondary N) is 2. The summed E-state index contributed by atoms with van der Waals surface area (Å²) in [6.07, 6.45) is 1.73. The van der Waals surface area contributed by atoms with Gasteiger partial charge in [-0.05, 0) is 45.5 Å². The molecule has 3 rings (SSSR count). The minimum Gasteiger partial charge on any atom is -0.369 e. The Morgan fingerprint density at radius 2 is 1.89 bits per heavy atom. The normalized spacial score (nSPS) is 12.2. The number of anilines is 1. The average molecular weight is 377 g/mol. The molecule has 0 radical (unpaired) electrons. The van der Waals surface area contributed by atoms with Crippen LogP contribution in [-0.4, -0.2) is 39.5 Å². The molecule has 1 atom stereocenters. The lowest BCUT2D eigenvalue weighted by Gasteiger charge is -2.25. The van der Waals surface area contributed by atoms with E-state index in [1.165, 1.54) is 5.56 Å². The van der Waals surface area contributed by atoms with Crippen molar-refractivity contribution in [1.82, 2.24) is 19.9 Å². The molecule has 2 N–H and O–H groups in total. The van der Waals surface area contributed by atoms with Crippen molar-refractivity contribution < 1.29 is 0 Å². The summed E-state index contributed by atoms with van der Waals surface area (Å²) in [5.74, 6) is 1.35. The number of pyridine rings is 1. The average Bonchev–Trinajstić information content (AvgIpc) is 2.71. The number of aryl methyl sites for hydroxylation is 1. The highest BCUT2D eigenvalue weighted by Gasteiger charge is 2.10. The van der Waals surface area contributed by atoms with Crippen LogP contribution in [0.5, 0.6) is 0 Å². The Balaban J connectivity index is 1.59. The second kappa shape index (κ2) is 8.80. The first-order valence-corrected chi connectivity index (χ1v) is 9.46. The van der Waals surface area contributed by atoms with Gasteiger partial charge in [0.1, 0.15) is 11.6 Å². The van der Waals surface area contributed by atoms with Crippen LogP contribution in [0.2, 0.25) is 0 Å². The Morgan fingerprint density at radius 1 is 1.14 bits per heavy atom. The lowest BCUT2D eigenvalue weighted by Crippen LogP contribution is -2.34. The van der Waals surface area contributed by atoms with E-state index in [9.17, 15) is 4.79 Å². The first-order valence-electron chi connectivity index (χ1n) is 9.46. The molecular formula is C22H27N5O. The highest BCUT2D eigenvalue weighted by Crippen LogP contribution is 2.16. The van der Waals surface area contributed by atoms with Crippen LogP contribution >= 0.6 is 0 Å². The lowest BCUT2D eigenvalue weighted by atomic mass is 10.2. The number of hydrogen-bond acceptors (Lipinski definition) is 5. The van der Waals surface area contributed by atoms with Gasteiger partial charge in [-0.1, -0.05) is 30.3 Å². The summed E-state index contributed by atoms with van der Waals surface area (Å²) >= 11 is 0. The fourth-order valence-electron chi connectivity index (χ4n) is 2.86. The van der Waals surface area contributed by atoms with Crippen LogP contribution in [0, 0.1) is 13.8 Å². The smallest absolute Gasteiger partial charge is 0.254 e. The van der Waals surface area contributed by atoms with Gasteiger partial charge in [0.05, 0.1) is 0 Å². The van der Waals surface area contributed by atoms with E-state index in [4.69, 9.17) is 0 Å². The van der Waals surface area contributed by atoms with E-state index in [0.717, 1.165) is 30.2 Å². The summed E-state index contributed by atoms with van der Waals surface area (Å²) < 4.78 is 0. The monoisotopic (exact) mass is 377 g/mol. The van der Waals surface area contributed by atoms with Gasteiger partial charge in [0.25, 0.3) is 5.56 Å². The third-order valence-electron chi connectivity index (χ3n) is 5.04. The molecule has 0 saturated heterocycles. The molecule has 0 saturated carbocycles. The number of aromatic nitrogens is 3. The van der Waals surface area contributed by atoms with Gasteiger partial charge in [0.15, 0.2) is 0 Å². The fraction of sp³-hybridized carbons (Fsp3) is 0.318. The quantitative estimate of drug-likeness (QED) is 0.660. The third kappa shape index (κ3) is 4.84. The number of nitrogens with zero attached hydrogens (tertiary/aromatic N) is 3. The molecule has 6 nitrogen and oxygen atoms in total. The van der Waals surface area contributed by atoms with Crippen molar-refractivity contribution in [3.63, 3.8) is 0 Å². The van der Waals surface area contributed by atoms with Crippen molar-refractivity contribution >= 4 is 5.82 Å². The van der Waals surface area contributed by atoms with Crippen molar-refractivity contribution in [2.24, 2.45) is 0 Å². The van der Waals surface area contributed by atoms with Crippen LogP contribution in [0.1, 0.15) is 23.7 Å². The predicted molar refractivity (Wildman–Crippen MR) is 113 cm³/mol. The molecule has 0 aliphatic carbocycles.